The van der Waals surface area contributed by atoms with Gasteiger partial charge in [0.25, 0.3) is 0 Å². The molecular formula is C23H28O9S. The van der Waals surface area contributed by atoms with E-state index in [1.807, 2.05) is 0 Å². The molecule has 0 aliphatic rings. The van der Waals surface area contributed by atoms with Crippen molar-refractivity contribution in [2.45, 2.75) is 18.6 Å². The van der Waals surface area contributed by atoms with Crippen molar-refractivity contribution in [3.63, 3.8) is 0 Å². The summed E-state index contributed by atoms with van der Waals surface area (Å²) in [6.07, 6.45) is 1.70. The monoisotopic (exact) mass is 480 g/mol. The quantitative estimate of drug-likeness (QED) is 0.429. The Labute approximate surface area is 193 Å². The highest BCUT2D eigenvalue weighted by Gasteiger charge is 2.15. The molecule has 180 valence electrons. The van der Waals surface area contributed by atoms with Crippen LogP contribution in [0.5, 0.6) is 28.7 Å². The first kappa shape index (κ1) is 25.9. The zero-order valence-corrected chi connectivity index (χ0v) is 19.8. The Morgan fingerprint density at radius 3 is 2.09 bits per heavy atom. The van der Waals surface area contributed by atoms with Gasteiger partial charge in [0.15, 0.2) is 21.3 Å². The largest absolute Gasteiger partial charge is 0.496 e. The lowest BCUT2D eigenvalue weighted by molar-refractivity contribution is -0.137. The number of benzene rings is 2. The number of sulfone groups is 1. The molecule has 9 nitrogen and oxygen atoms in total. The molecule has 0 heterocycles. The van der Waals surface area contributed by atoms with Gasteiger partial charge in [0.2, 0.25) is 0 Å². The van der Waals surface area contributed by atoms with E-state index in [4.69, 9.17) is 28.8 Å². The molecule has 0 fully saturated rings. The summed E-state index contributed by atoms with van der Waals surface area (Å²) in [7, 11) is 2.24. The lowest BCUT2D eigenvalue weighted by atomic mass is 10.1. The molecule has 0 amide bonds. The molecular weight excluding hydrogens is 452 g/mol. The number of carboxylic acid groups (broad SMARTS) is 1. The van der Waals surface area contributed by atoms with Gasteiger partial charge in [-0.25, -0.2) is 8.42 Å². The van der Waals surface area contributed by atoms with E-state index in [0.29, 0.717) is 46.3 Å². The van der Waals surface area contributed by atoms with Crippen molar-refractivity contribution in [1.29, 1.82) is 0 Å². The van der Waals surface area contributed by atoms with Crippen LogP contribution in [0.25, 0.3) is 6.08 Å². The number of carboxylic acids is 1. The van der Waals surface area contributed by atoms with Gasteiger partial charge in [-0.05, 0) is 30.2 Å². The zero-order valence-electron chi connectivity index (χ0n) is 19.0. The lowest BCUT2D eigenvalue weighted by Crippen LogP contribution is -2.05. The molecule has 0 radical (unpaired) electrons. The molecule has 0 aromatic heterocycles. The Kier molecular flexibility index (Phi) is 9.41. The van der Waals surface area contributed by atoms with Crippen LogP contribution >= 0.6 is 0 Å². The fourth-order valence-electron chi connectivity index (χ4n) is 2.98. The molecule has 33 heavy (non-hydrogen) atoms. The van der Waals surface area contributed by atoms with Crippen LogP contribution in [0.4, 0.5) is 0 Å². The summed E-state index contributed by atoms with van der Waals surface area (Å²) in [5.41, 5.74) is 0.948. The van der Waals surface area contributed by atoms with E-state index in [9.17, 15) is 13.2 Å². The van der Waals surface area contributed by atoms with Crippen molar-refractivity contribution in [3.05, 3.63) is 46.9 Å². The molecule has 2 aromatic rings. The number of aliphatic carboxylic acids is 1. The van der Waals surface area contributed by atoms with Crippen LogP contribution in [0.2, 0.25) is 0 Å². The number of rotatable bonds is 13. The van der Waals surface area contributed by atoms with Crippen LogP contribution in [-0.4, -0.2) is 54.5 Å². The van der Waals surface area contributed by atoms with Crippen molar-refractivity contribution < 1.29 is 42.0 Å². The molecule has 0 atom stereocenters. The van der Waals surface area contributed by atoms with Crippen molar-refractivity contribution in [2.24, 2.45) is 0 Å². The number of ether oxygens (including phenoxy) is 5. The van der Waals surface area contributed by atoms with Gasteiger partial charge >= 0.3 is 5.97 Å². The minimum Gasteiger partial charge on any atom is -0.496 e. The third-order valence-electron chi connectivity index (χ3n) is 4.58. The van der Waals surface area contributed by atoms with E-state index < -0.39 is 15.8 Å². The minimum absolute atomic E-state index is 0.0283. The van der Waals surface area contributed by atoms with Gasteiger partial charge in [0, 0.05) is 24.0 Å². The molecule has 0 aliphatic carbocycles. The Morgan fingerprint density at radius 2 is 1.55 bits per heavy atom. The van der Waals surface area contributed by atoms with E-state index in [1.165, 1.54) is 34.5 Å². The van der Waals surface area contributed by atoms with E-state index in [-0.39, 0.29) is 18.8 Å². The summed E-state index contributed by atoms with van der Waals surface area (Å²) >= 11 is 0. The van der Waals surface area contributed by atoms with E-state index in [2.05, 4.69) is 0 Å². The minimum atomic E-state index is -3.67. The van der Waals surface area contributed by atoms with Gasteiger partial charge in [-0.15, -0.1) is 0 Å². The highest BCUT2D eigenvalue weighted by atomic mass is 32.2. The molecule has 0 saturated heterocycles. The summed E-state index contributed by atoms with van der Waals surface area (Å²) in [5, 5.41) is 9.83. The normalized spacial score (nSPS) is 11.3. The van der Waals surface area contributed by atoms with Crippen LogP contribution in [0, 0.1) is 0 Å². The number of hydrogen-bond donors (Lipinski definition) is 1. The maximum atomic E-state index is 12.8. The van der Waals surface area contributed by atoms with Crippen molar-refractivity contribution >= 4 is 21.9 Å². The molecule has 0 aliphatic heterocycles. The molecule has 0 unspecified atom stereocenters. The third kappa shape index (κ3) is 7.60. The number of carbonyl (C=O) groups is 1. The Balaban J connectivity index is 2.23. The predicted molar refractivity (Wildman–Crippen MR) is 123 cm³/mol. The van der Waals surface area contributed by atoms with Crippen molar-refractivity contribution in [2.75, 3.05) is 35.0 Å². The Morgan fingerprint density at radius 1 is 0.909 bits per heavy atom. The number of methoxy groups -OCH3 is 4. The standard InChI is InChI=1S/C23H28O9S/c1-28-17-13-20(30-3)18(21(14-17)31-4)9-11-33(26,27)15-16-7-8-19(29-2)22(12-16)32-10-5-6-23(24)25/h7-9,11-14H,5-6,10,15H2,1-4H3,(H,24,25)/b11-9+. The molecule has 1 N–H and O–H groups in total. The van der Waals surface area contributed by atoms with Crippen LogP contribution in [-0.2, 0) is 20.4 Å². The van der Waals surface area contributed by atoms with Crippen LogP contribution in [0.3, 0.4) is 0 Å². The first-order valence-electron chi connectivity index (χ1n) is 9.95. The molecule has 2 aromatic carbocycles. The van der Waals surface area contributed by atoms with E-state index >= 15 is 0 Å². The average molecular weight is 481 g/mol. The molecule has 0 bridgehead atoms. The van der Waals surface area contributed by atoms with Crippen LogP contribution in [0.15, 0.2) is 35.7 Å². The number of hydrogen-bond acceptors (Lipinski definition) is 8. The van der Waals surface area contributed by atoms with E-state index in [0.717, 1.165) is 5.41 Å². The highest BCUT2D eigenvalue weighted by molar-refractivity contribution is 7.93. The smallest absolute Gasteiger partial charge is 0.303 e. The fraction of sp³-hybridized carbons (Fsp3) is 0.348. The Hall–Kier alpha value is -3.40. The highest BCUT2D eigenvalue weighted by Crippen LogP contribution is 2.35. The zero-order chi connectivity index (χ0) is 24.4. The molecule has 0 saturated carbocycles. The predicted octanol–water partition coefficient (Wildman–Crippen LogP) is 3.55. The SMILES string of the molecule is COc1cc(OC)c(/C=C/S(=O)(=O)Cc2ccc(OC)c(OCCCC(=O)O)c2)c(OC)c1. The Bertz CT molecular complexity index is 1070. The first-order valence-corrected chi connectivity index (χ1v) is 11.7. The van der Waals surface area contributed by atoms with Gasteiger partial charge in [-0.2, -0.15) is 0 Å². The first-order chi connectivity index (χ1) is 15.7. The average Bonchev–Trinajstić information content (AvgIpc) is 2.79. The molecule has 10 heteroatoms. The second kappa shape index (κ2) is 12.0. The van der Waals surface area contributed by atoms with Gasteiger partial charge in [-0.1, -0.05) is 6.07 Å². The third-order valence-corrected chi connectivity index (χ3v) is 5.87. The summed E-state index contributed by atoms with van der Waals surface area (Å²) in [6.45, 7) is 0.163. The van der Waals surface area contributed by atoms with Crippen LogP contribution in [0.1, 0.15) is 24.0 Å². The summed E-state index contributed by atoms with van der Waals surface area (Å²) in [4.78, 5) is 10.6. The van der Waals surface area contributed by atoms with Gasteiger partial charge in [0.05, 0.1) is 46.4 Å². The van der Waals surface area contributed by atoms with Gasteiger partial charge in [-0.3, -0.25) is 4.79 Å². The van der Waals surface area contributed by atoms with E-state index in [1.54, 1.807) is 30.3 Å². The topological polar surface area (TPSA) is 118 Å². The van der Waals surface area contributed by atoms with Crippen molar-refractivity contribution in [1.82, 2.24) is 0 Å². The fourth-order valence-corrected chi connectivity index (χ4v) is 4.06. The second-order valence-electron chi connectivity index (χ2n) is 6.89. The summed E-state index contributed by atoms with van der Waals surface area (Å²) in [5.74, 6) is 0.894. The van der Waals surface area contributed by atoms with Crippen molar-refractivity contribution in [3.8, 4) is 28.7 Å². The molecule has 2 rings (SSSR count). The van der Waals surface area contributed by atoms with Gasteiger partial charge in [0.1, 0.15) is 17.2 Å². The van der Waals surface area contributed by atoms with Crippen LogP contribution < -0.4 is 23.7 Å². The second-order valence-corrected chi connectivity index (χ2v) is 8.77. The summed E-state index contributed by atoms with van der Waals surface area (Å²) in [6, 6.07) is 8.07. The maximum Gasteiger partial charge on any atom is 0.303 e. The summed E-state index contributed by atoms with van der Waals surface area (Å²) < 4.78 is 52.3. The molecule has 0 spiro atoms. The maximum absolute atomic E-state index is 12.8. The lowest BCUT2D eigenvalue weighted by Gasteiger charge is -2.13. The van der Waals surface area contributed by atoms with Gasteiger partial charge < -0.3 is 28.8 Å².